The van der Waals surface area contributed by atoms with Gasteiger partial charge in [-0.1, -0.05) is 6.07 Å². The highest BCUT2D eigenvalue weighted by Crippen LogP contribution is 2.34. The van der Waals surface area contributed by atoms with Crippen LogP contribution in [0.4, 0.5) is 0 Å². The summed E-state index contributed by atoms with van der Waals surface area (Å²) in [4.78, 5) is 33.1. The van der Waals surface area contributed by atoms with Crippen molar-refractivity contribution in [2.45, 2.75) is 44.6 Å². The molecule has 0 saturated carbocycles. The van der Waals surface area contributed by atoms with Crippen molar-refractivity contribution in [3.05, 3.63) is 22.4 Å². The van der Waals surface area contributed by atoms with Crippen molar-refractivity contribution in [2.75, 3.05) is 39.3 Å². The fraction of sp³-hybridized carbons (Fsp3) is 0.700. The lowest BCUT2D eigenvalue weighted by atomic mass is 9.95. The molecule has 2 amide bonds. The Morgan fingerprint density at radius 2 is 1.77 bits per heavy atom. The Labute approximate surface area is 159 Å². The minimum absolute atomic E-state index is 0.171. The molecule has 26 heavy (non-hydrogen) atoms. The van der Waals surface area contributed by atoms with Crippen molar-refractivity contribution < 1.29 is 9.59 Å². The molecule has 4 heterocycles. The molecule has 3 saturated heterocycles. The van der Waals surface area contributed by atoms with Crippen LogP contribution in [0.2, 0.25) is 0 Å². The van der Waals surface area contributed by atoms with Crippen LogP contribution < -0.4 is 0 Å². The van der Waals surface area contributed by atoms with E-state index in [1.165, 1.54) is 4.88 Å². The second-order valence-corrected chi connectivity index (χ2v) is 8.82. The molecule has 3 aliphatic rings. The van der Waals surface area contributed by atoms with Gasteiger partial charge < -0.3 is 9.80 Å². The molecule has 142 valence electrons. The SMILES string of the molecule is O=C(C1CCN(CC(=O)N2CCCC2c2cccs2)CC1)N1CCCC1. The van der Waals surface area contributed by atoms with E-state index in [4.69, 9.17) is 0 Å². The van der Waals surface area contributed by atoms with Gasteiger partial charge in [0.25, 0.3) is 0 Å². The summed E-state index contributed by atoms with van der Waals surface area (Å²) in [7, 11) is 0. The molecule has 0 spiro atoms. The van der Waals surface area contributed by atoms with Gasteiger partial charge in [0, 0.05) is 30.4 Å². The van der Waals surface area contributed by atoms with Crippen LogP contribution in [0, 0.1) is 5.92 Å². The van der Waals surface area contributed by atoms with Gasteiger partial charge in [-0.15, -0.1) is 11.3 Å². The molecule has 1 aromatic rings. The van der Waals surface area contributed by atoms with E-state index in [-0.39, 0.29) is 17.9 Å². The second kappa shape index (κ2) is 8.09. The van der Waals surface area contributed by atoms with Gasteiger partial charge in [-0.2, -0.15) is 0 Å². The zero-order valence-electron chi connectivity index (χ0n) is 15.4. The van der Waals surface area contributed by atoms with Crippen molar-refractivity contribution >= 4 is 23.2 Å². The van der Waals surface area contributed by atoms with E-state index in [0.717, 1.165) is 71.2 Å². The van der Waals surface area contributed by atoms with Gasteiger partial charge in [-0.05, 0) is 63.1 Å². The molecule has 0 aliphatic carbocycles. The van der Waals surface area contributed by atoms with Crippen LogP contribution in [-0.4, -0.2) is 65.8 Å². The van der Waals surface area contributed by atoms with Crippen molar-refractivity contribution in [1.82, 2.24) is 14.7 Å². The van der Waals surface area contributed by atoms with Crippen LogP contribution in [0.5, 0.6) is 0 Å². The van der Waals surface area contributed by atoms with Crippen molar-refractivity contribution in [3.8, 4) is 0 Å². The highest BCUT2D eigenvalue weighted by atomic mass is 32.1. The first-order valence-electron chi connectivity index (χ1n) is 10.1. The Morgan fingerprint density at radius 1 is 1.00 bits per heavy atom. The van der Waals surface area contributed by atoms with Gasteiger partial charge in [-0.3, -0.25) is 14.5 Å². The summed E-state index contributed by atoms with van der Waals surface area (Å²) in [5.74, 6) is 0.779. The average molecular weight is 376 g/mol. The van der Waals surface area contributed by atoms with Gasteiger partial charge in [0.15, 0.2) is 0 Å². The minimum atomic E-state index is 0.171. The van der Waals surface area contributed by atoms with Crippen molar-refractivity contribution in [1.29, 1.82) is 0 Å². The van der Waals surface area contributed by atoms with Gasteiger partial charge in [-0.25, -0.2) is 0 Å². The molecule has 3 fully saturated rings. The highest BCUT2D eigenvalue weighted by Gasteiger charge is 2.33. The maximum Gasteiger partial charge on any atom is 0.237 e. The first kappa shape index (κ1) is 18.0. The van der Waals surface area contributed by atoms with Crippen LogP contribution >= 0.6 is 11.3 Å². The predicted molar refractivity (Wildman–Crippen MR) is 103 cm³/mol. The standard InChI is InChI=1S/C20H29N3O2S/c24-19(23-11-3-5-17(23)18-6-4-14-26-18)15-21-12-7-16(8-13-21)20(25)22-9-1-2-10-22/h4,6,14,16-17H,1-3,5,7-13,15H2. The summed E-state index contributed by atoms with van der Waals surface area (Å²) in [5.41, 5.74) is 0. The normalized spacial score (nSPS) is 25.2. The van der Waals surface area contributed by atoms with Crippen molar-refractivity contribution in [3.63, 3.8) is 0 Å². The van der Waals surface area contributed by atoms with Crippen LogP contribution in [0.15, 0.2) is 17.5 Å². The second-order valence-electron chi connectivity index (χ2n) is 7.84. The van der Waals surface area contributed by atoms with Crippen LogP contribution in [0.1, 0.15) is 49.4 Å². The Hall–Kier alpha value is -1.40. The van der Waals surface area contributed by atoms with E-state index < -0.39 is 0 Å². The fourth-order valence-corrected chi connectivity index (χ4v) is 5.53. The number of carbonyl (C=O) groups excluding carboxylic acids is 2. The van der Waals surface area contributed by atoms with Gasteiger partial charge in [0.1, 0.15) is 0 Å². The third kappa shape index (κ3) is 3.81. The van der Waals surface area contributed by atoms with E-state index in [1.807, 2.05) is 4.90 Å². The number of carbonyl (C=O) groups is 2. The highest BCUT2D eigenvalue weighted by molar-refractivity contribution is 7.10. The number of piperidine rings is 1. The van der Waals surface area contributed by atoms with E-state index in [0.29, 0.717) is 12.5 Å². The van der Waals surface area contributed by atoms with E-state index >= 15 is 0 Å². The summed E-state index contributed by atoms with van der Waals surface area (Å²) >= 11 is 1.75. The van der Waals surface area contributed by atoms with E-state index in [9.17, 15) is 9.59 Å². The topological polar surface area (TPSA) is 43.9 Å². The molecule has 0 bridgehead atoms. The average Bonchev–Trinajstić information content (AvgIpc) is 3.43. The molecular formula is C20H29N3O2S. The number of likely N-dealkylation sites (tertiary alicyclic amines) is 3. The molecule has 3 aliphatic heterocycles. The first-order valence-corrected chi connectivity index (χ1v) is 10.9. The zero-order chi connectivity index (χ0) is 17.9. The molecule has 6 heteroatoms. The molecule has 0 aromatic carbocycles. The third-order valence-corrected chi connectivity index (χ3v) is 7.13. The maximum atomic E-state index is 12.9. The number of nitrogens with zero attached hydrogens (tertiary/aromatic N) is 3. The zero-order valence-corrected chi connectivity index (χ0v) is 16.3. The summed E-state index contributed by atoms with van der Waals surface area (Å²) in [6.07, 6.45) is 6.29. The lowest BCUT2D eigenvalue weighted by Gasteiger charge is -2.34. The van der Waals surface area contributed by atoms with Crippen LogP contribution in [0.25, 0.3) is 0 Å². The largest absolute Gasteiger partial charge is 0.342 e. The Balaban J connectivity index is 1.27. The predicted octanol–water partition coefficient (Wildman–Crippen LogP) is 2.75. The number of hydrogen-bond acceptors (Lipinski definition) is 4. The van der Waals surface area contributed by atoms with E-state index in [2.05, 4.69) is 27.3 Å². The lowest BCUT2D eigenvalue weighted by molar-refractivity contribution is -0.136. The summed E-state index contributed by atoms with van der Waals surface area (Å²) in [6, 6.07) is 4.50. The van der Waals surface area contributed by atoms with Crippen LogP contribution in [-0.2, 0) is 9.59 Å². The van der Waals surface area contributed by atoms with Gasteiger partial charge >= 0.3 is 0 Å². The summed E-state index contributed by atoms with van der Waals surface area (Å²) in [6.45, 7) is 5.01. The lowest BCUT2D eigenvalue weighted by Crippen LogP contribution is -2.45. The number of thiophene rings is 1. The summed E-state index contributed by atoms with van der Waals surface area (Å²) in [5, 5.41) is 2.10. The van der Waals surface area contributed by atoms with Gasteiger partial charge in [0.2, 0.25) is 11.8 Å². The molecule has 0 radical (unpaired) electrons. The molecule has 1 atom stereocenters. The van der Waals surface area contributed by atoms with Gasteiger partial charge in [0.05, 0.1) is 12.6 Å². The molecule has 1 aromatic heterocycles. The molecule has 5 nitrogen and oxygen atoms in total. The first-order chi connectivity index (χ1) is 12.7. The molecule has 1 unspecified atom stereocenters. The fourth-order valence-electron chi connectivity index (χ4n) is 4.66. The quantitative estimate of drug-likeness (QED) is 0.813. The Kier molecular flexibility index (Phi) is 5.60. The minimum Gasteiger partial charge on any atom is -0.342 e. The van der Waals surface area contributed by atoms with E-state index in [1.54, 1.807) is 11.3 Å². The molecule has 4 rings (SSSR count). The third-order valence-electron chi connectivity index (χ3n) is 6.16. The number of rotatable bonds is 4. The monoisotopic (exact) mass is 375 g/mol. The molecule has 0 N–H and O–H groups in total. The molecular weight excluding hydrogens is 346 g/mol. The summed E-state index contributed by atoms with van der Waals surface area (Å²) < 4.78 is 0. The number of hydrogen-bond donors (Lipinski definition) is 0. The van der Waals surface area contributed by atoms with Crippen LogP contribution in [0.3, 0.4) is 0 Å². The smallest absolute Gasteiger partial charge is 0.237 e. The number of amides is 2. The van der Waals surface area contributed by atoms with Crippen molar-refractivity contribution in [2.24, 2.45) is 5.92 Å². The Bertz CT molecular complexity index is 619. The maximum absolute atomic E-state index is 12.9. The Morgan fingerprint density at radius 3 is 2.46 bits per heavy atom.